The number of hydrogen-bond acceptors (Lipinski definition) is 1. The lowest BCUT2D eigenvalue weighted by Crippen LogP contribution is -2.30. The maximum absolute atomic E-state index is 12.6. The summed E-state index contributed by atoms with van der Waals surface area (Å²) in [5.74, 6) is 3.16. The molecule has 4 aliphatic carbocycles. The SMILES string of the molecule is O=C1C2C=CC=CC2C2CC2C2C=CC=CC12. The van der Waals surface area contributed by atoms with Crippen molar-refractivity contribution in [1.82, 2.24) is 0 Å². The van der Waals surface area contributed by atoms with Gasteiger partial charge in [-0.2, -0.15) is 0 Å². The Morgan fingerprint density at radius 1 is 0.765 bits per heavy atom. The van der Waals surface area contributed by atoms with Crippen LogP contribution in [-0.4, -0.2) is 5.78 Å². The highest BCUT2D eigenvalue weighted by atomic mass is 16.1. The highest BCUT2D eigenvalue weighted by molar-refractivity contribution is 5.88. The van der Waals surface area contributed by atoms with Crippen molar-refractivity contribution < 1.29 is 4.79 Å². The number of hydrogen-bond donors (Lipinski definition) is 0. The van der Waals surface area contributed by atoms with Gasteiger partial charge in [-0.15, -0.1) is 0 Å². The van der Waals surface area contributed by atoms with Gasteiger partial charge in [0.2, 0.25) is 0 Å². The number of carbonyl (C=O) groups is 1. The molecule has 6 unspecified atom stereocenters. The maximum atomic E-state index is 12.6. The van der Waals surface area contributed by atoms with Crippen molar-refractivity contribution in [3.05, 3.63) is 48.6 Å². The van der Waals surface area contributed by atoms with E-state index in [4.69, 9.17) is 0 Å². The molecule has 0 bridgehead atoms. The smallest absolute Gasteiger partial charge is 0.147 e. The van der Waals surface area contributed by atoms with Gasteiger partial charge in [0.1, 0.15) is 5.78 Å². The molecule has 0 aromatic rings. The Kier molecular flexibility index (Phi) is 1.88. The molecule has 6 atom stereocenters. The predicted molar refractivity (Wildman–Crippen MR) is 67.1 cm³/mol. The van der Waals surface area contributed by atoms with E-state index in [0.29, 0.717) is 17.6 Å². The summed E-state index contributed by atoms with van der Waals surface area (Å²) in [6.07, 6.45) is 18.4. The van der Waals surface area contributed by atoms with Gasteiger partial charge in [-0.1, -0.05) is 48.6 Å². The van der Waals surface area contributed by atoms with Crippen molar-refractivity contribution in [2.24, 2.45) is 35.5 Å². The van der Waals surface area contributed by atoms with Crippen molar-refractivity contribution in [3.8, 4) is 0 Å². The van der Waals surface area contributed by atoms with E-state index in [1.54, 1.807) is 0 Å². The van der Waals surface area contributed by atoms with E-state index >= 15 is 0 Å². The third-order valence-corrected chi connectivity index (χ3v) is 4.89. The van der Waals surface area contributed by atoms with Crippen LogP contribution in [0, 0.1) is 35.5 Å². The summed E-state index contributed by atoms with van der Waals surface area (Å²) >= 11 is 0. The summed E-state index contributed by atoms with van der Waals surface area (Å²) in [5, 5.41) is 0. The van der Waals surface area contributed by atoms with E-state index in [-0.39, 0.29) is 11.8 Å². The Morgan fingerprint density at radius 3 is 1.76 bits per heavy atom. The highest BCUT2D eigenvalue weighted by Crippen LogP contribution is 2.58. The quantitative estimate of drug-likeness (QED) is 0.618. The van der Waals surface area contributed by atoms with Crippen LogP contribution in [0.1, 0.15) is 6.42 Å². The summed E-state index contributed by atoms with van der Waals surface area (Å²) in [7, 11) is 0. The number of rotatable bonds is 0. The molecule has 17 heavy (non-hydrogen) atoms. The van der Waals surface area contributed by atoms with Crippen LogP contribution in [0.15, 0.2) is 48.6 Å². The van der Waals surface area contributed by atoms with E-state index < -0.39 is 0 Å². The second-order valence-corrected chi connectivity index (χ2v) is 5.71. The van der Waals surface area contributed by atoms with Crippen molar-refractivity contribution in [3.63, 3.8) is 0 Å². The Labute approximate surface area is 102 Å². The Hall–Kier alpha value is -1.37. The third-order valence-electron chi connectivity index (χ3n) is 4.89. The first-order valence-electron chi connectivity index (χ1n) is 6.60. The first-order valence-corrected chi connectivity index (χ1v) is 6.60. The largest absolute Gasteiger partial charge is 0.298 e. The normalized spacial score (nSPS) is 49.3. The van der Waals surface area contributed by atoms with Gasteiger partial charge in [-0.3, -0.25) is 4.79 Å². The van der Waals surface area contributed by atoms with Crippen LogP contribution in [0.3, 0.4) is 0 Å². The van der Waals surface area contributed by atoms with Gasteiger partial charge in [0, 0.05) is 11.8 Å². The second-order valence-electron chi connectivity index (χ2n) is 5.71. The van der Waals surface area contributed by atoms with Crippen LogP contribution < -0.4 is 0 Å². The van der Waals surface area contributed by atoms with Crippen LogP contribution in [-0.2, 0) is 4.79 Å². The summed E-state index contributed by atoms with van der Waals surface area (Å²) in [4.78, 5) is 12.6. The van der Waals surface area contributed by atoms with E-state index in [1.807, 2.05) is 12.2 Å². The Morgan fingerprint density at radius 2 is 1.24 bits per heavy atom. The van der Waals surface area contributed by atoms with Gasteiger partial charge in [-0.25, -0.2) is 0 Å². The van der Waals surface area contributed by atoms with Gasteiger partial charge in [0.05, 0.1) is 0 Å². The van der Waals surface area contributed by atoms with Gasteiger partial charge >= 0.3 is 0 Å². The lowest BCUT2D eigenvalue weighted by molar-refractivity contribution is -0.125. The van der Waals surface area contributed by atoms with Crippen molar-refractivity contribution in [1.29, 1.82) is 0 Å². The molecule has 0 N–H and O–H groups in total. The van der Waals surface area contributed by atoms with E-state index in [2.05, 4.69) is 36.5 Å². The minimum Gasteiger partial charge on any atom is -0.298 e. The fraction of sp³-hybridized carbons (Fsp3) is 0.438. The van der Waals surface area contributed by atoms with E-state index in [1.165, 1.54) is 6.42 Å². The summed E-state index contributed by atoms with van der Waals surface area (Å²) in [6.45, 7) is 0. The minimum atomic E-state index is 0.140. The highest BCUT2D eigenvalue weighted by Gasteiger charge is 2.55. The molecule has 4 aliphatic rings. The molecule has 0 spiro atoms. The van der Waals surface area contributed by atoms with Crippen molar-refractivity contribution >= 4 is 5.78 Å². The van der Waals surface area contributed by atoms with Gasteiger partial charge < -0.3 is 0 Å². The molecule has 0 aliphatic heterocycles. The third kappa shape index (κ3) is 1.28. The molecule has 2 saturated carbocycles. The summed E-state index contributed by atoms with van der Waals surface area (Å²) < 4.78 is 0. The zero-order valence-corrected chi connectivity index (χ0v) is 9.70. The molecule has 0 radical (unpaired) electrons. The first-order chi connectivity index (χ1) is 8.36. The molecule has 0 heterocycles. The zero-order chi connectivity index (χ0) is 11.4. The Balaban J connectivity index is 1.78. The second kappa shape index (κ2) is 3.32. The molecule has 0 aromatic heterocycles. The Bertz CT molecular complexity index is 438. The molecule has 2 fully saturated rings. The number of fused-ring (bicyclic) bond motifs is 5. The molecule has 1 heteroatoms. The number of allylic oxidation sites excluding steroid dienone is 8. The van der Waals surface area contributed by atoms with Gasteiger partial charge in [0.15, 0.2) is 0 Å². The van der Waals surface area contributed by atoms with Crippen LogP contribution in [0.2, 0.25) is 0 Å². The molecule has 1 nitrogen and oxygen atoms in total. The van der Waals surface area contributed by atoms with Gasteiger partial charge in [-0.05, 0) is 30.1 Å². The average molecular weight is 224 g/mol. The van der Waals surface area contributed by atoms with Gasteiger partial charge in [0.25, 0.3) is 0 Å². The van der Waals surface area contributed by atoms with Crippen molar-refractivity contribution in [2.75, 3.05) is 0 Å². The lowest BCUT2D eigenvalue weighted by Gasteiger charge is -2.25. The molecule has 0 aromatic carbocycles. The molecular formula is C16H16O. The maximum Gasteiger partial charge on any atom is 0.147 e. The topological polar surface area (TPSA) is 17.1 Å². The number of Topliss-reactive ketones (excluding diaryl/α,β-unsaturated/α-hetero) is 1. The van der Waals surface area contributed by atoms with Crippen LogP contribution in [0.4, 0.5) is 0 Å². The summed E-state index contributed by atoms with van der Waals surface area (Å²) in [5.41, 5.74) is 0. The van der Waals surface area contributed by atoms with Crippen LogP contribution in [0.5, 0.6) is 0 Å². The van der Waals surface area contributed by atoms with Crippen LogP contribution in [0.25, 0.3) is 0 Å². The first kappa shape index (κ1) is 9.64. The minimum absolute atomic E-state index is 0.140. The zero-order valence-electron chi connectivity index (χ0n) is 9.70. The summed E-state index contributed by atoms with van der Waals surface area (Å²) in [6, 6.07) is 0. The predicted octanol–water partition coefficient (Wildman–Crippen LogP) is 2.92. The molecular weight excluding hydrogens is 208 g/mol. The molecule has 0 amide bonds. The van der Waals surface area contributed by atoms with Crippen molar-refractivity contribution in [2.45, 2.75) is 6.42 Å². The average Bonchev–Trinajstić information content (AvgIpc) is 3.18. The fourth-order valence-electron chi connectivity index (χ4n) is 3.98. The lowest BCUT2D eigenvalue weighted by atomic mass is 9.77. The molecule has 4 rings (SSSR count). The molecule has 86 valence electrons. The monoisotopic (exact) mass is 224 g/mol. The molecule has 0 saturated heterocycles. The number of carbonyl (C=O) groups excluding carboxylic acids is 1. The number of ketones is 1. The standard InChI is InChI=1S/C16H16O/c17-16-12-7-3-1-5-10(12)14-9-15(14)11-6-2-4-8-13(11)16/h1-8,10-15H,9H2. The fourth-order valence-corrected chi connectivity index (χ4v) is 3.98. The van der Waals surface area contributed by atoms with E-state index in [0.717, 1.165) is 11.8 Å². The van der Waals surface area contributed by atoms with E-state index in [9.17, 15) is 4.79 Å². The van der Waals surface area contributed by atoms with Crippen LogP contribution >= 0.6 is 0 Å².